The third-order valence-corrected chi connectivity index (χ3v) is 4.35. The van der Waals surface area contributed by atoms with Gasteiger partial charge in [0, 0.05) is 6.61 Å². The maximum Gasteiger partial charge on any atom is 0.338 e. The average molecular weight is 388 g/mol. The molecule has 148 valence electrons. The first-order valence-electron chi connectivity index (χ1n) is 8.95. The van der Waals surface area contributed by atoms with Gasteiger partial charge in [0.2, 0.25) is 5.78 Å². The zero-order chi connectivity index (χ0) is 19.9. The number of ether oxygens (including phenoxy) is 4. The number of rotatable bonds is 8. The summed E-state index contributed by atoms with van der Waals surface area (Å²) in [4.78, 5) is 24.4. The van der Waals surface area contributed by atoms with Crippen LogP contribution in [0.5, 0.6) is 11.5 Å². The first kappa shape index (κ1) is 19.8. The molecule has 0 unspecified atom stereocenters. The highest BCUT2D eigenvalue weighted by Crippen LogP contribution is 2.20. The Morgan fingerprint density at radius 1 is 1.18 bits per heavy atom. The fourth-order valence-electron chi connectivity index (χ4n) is 2.84. The largest absolute Gasteiger partial charge is 0.496 e. The van der Waals surface area contributed by atoms with E-state index in [1.165, 1.54) is 19.2 Å². The van der Waals surface area contributed by atoms with Crippen LogP contribution in [0.2, 0.25) is 0 Å². The van der Waals surface area contributed by atoms with E-state index in [0.29, 0.717) is 12.4 Å². The molecule has 28 heavy (non-hydrogen) atoms. The van der Waals surface area contributed by atoms with Crippen molar-refractivity contribution in [2.45, 2.75) is 18.9 Å². The minimum atomic E-state index is -0.658. The molecule has 0 radical (unpaired) electrons. The summed E-state index contributed by atoms with van der Waals surface area (Å²) in [5.41, 5.74) is 0.302. The summed E-state index contributed by atoms with van der Waals surface area (Å²) in [6.45, 7) is 0.711. The van der Waals surface area contributed by atoms with E-state index < -0.39 is 24.2 Å². The van der Waals surface area contributed by atoms with Gasteiger partial charge in [-0.15, -0.1) is 0 Å². The lowest BCUT2D eigenvalue weighted by atomic mass is 10.1. The summed E-state index contributed by atoms with van der Waals surface area (Å²) in [5, 5.41) is 0. The number of carbonyl (C=O) groups is 2. The fourth-order valence-corrected chi connectivity index (χ4v) is 2.84. The third-order valence-electron chi connectivity index (χ3n) is 4.35. The molecule has 1 heterocycles. The molecular formula is C21H21FO6. The van der Waals surface area contributed by atoms with Gasteiger partial charge in [0.05, 0.1) is 24.3 Å². The highest BCUT2D eigenvalue weighted by atomic mass is 19.1. The highest BCUT2D eigenvalue weighted by Gasteiger charge is 2.18. The van der Waals surface area contributed by atoms with Gasteiger partial charge >= 0.3 is 5.97 Å². The van der Waals surface area contributed by atoms with Crippen LogP contribution in [0.3, 0.4) is 0 Å². The van der Waals surface area contributed by atoms with Crippen molar-refractivity contribution in [3.05, 3.63) is 59.4 Å². The van der Waals surface area contributed by atoms with E-state index in [-0.39, 0.29) is 23.0 Å². The van der Waals surface area contributed by atoms with Crippen LogP contribution in [0.4, 0.5) is 4.39 Å². The van der Waals surface area contributed by atoms with Crippen molar-refractivity contribution in [3.8, 4) is 11.5 Å². The molecule has 6 nitrogen and oxygen atoms in total. The highest BCUT2D eigenvalue weighted by molar-refractivity contribution is 6.01. The van der Waals surface area contributed by atoms with Gasteiger partial charge in [0.15, 0.2) is 6.61 Å². The zero-order valence-electron chi connectivity index (χ0n) is 15.5. The molecule has 2 aromatic rings. The Labute approximate surface area is 162 Å². The van der Waals surface area contributed by atoms with E-state index in [1.54, 1.807) is 24.3 Å². The Hall–Kier alpha value is -2.93. The van der Waals surface area contributed by atoms with Crippen LogP contribution in [-0.2, 0) is 9.47 Å². The number of esters is 1. The van der Waals surface area contributed by atoms with Gasteiger partial charge in [-0.1, -0.05) is 0 Å². The van der Waals surface area contributed by atoms with Crippen molar-refractivity contribution in [1.29, 1.82) is 0 Å². The molecule has 2 aromatic carbocycles. The van der Waals surface area contributed by atoms with Gasteiger partial charge in [0.1, 0.15) is 23.9 Å². The Morgan fingerprint density at radius 2 is 1.96 bits per heavy atom. The van der Waals surface area contributed by atoms with Crippen molar-refractivity contribution in [3.63, 3.8) is 0 Å². The number of hydrogen-bond acceptors (Lipinski definition) is 6. The van der Waals surface area contributed by atoms with Crippen LogP contribution in [0.15, 0.2) is 42.5 Å². The van der Waals surface area contributed by atoms with E-state index >= 15 is 0 Å². The van der Waals surface area contributed by atoms with Gasteiger partial charge in [-0.2, -0.15) is 0 Å². The maximum atomic E-state index is 13.4. The maximum absolute atomic E-state index is 13.4. The molecule has 0 bridgehead atoms. The summed E-state index contributed by atoms with van der Waals surface area (Å²) in [7, 11) is 1.37. The molecule has 0 amide bonds. The standard InChI is InChI=1S/C21H21FO6/c1-25-20-9-6-15(22)11-18(20)19(23)13-28-21(24)14-4-7-16(8-5-14)27-12-17-3-2-10-26-17/h4-9,11,17H,2-3,10,12-13H2,1H3/t17-/m1/s1. The monoisotopic (exact) mass is 388 g/mol. The lowest BCUT2D eigenvalue weighted by Gasteiger charge is -2.12. The van der Waals surface area contributed by atoms with Crippen LogP contribution in [0, 0.1) is 5.82 Å². The van der Waals surface area contributed by atoms with Crippen molar-refractivity contribution < 1.29 is 32.9 Å². The van der Waals surface area contributed by atoms with E-state index in [4.69, 9.17) is 18.9 Å². The summed E-state index contributed by atoms with van der Waals surface area (Å²) in [6, 6.07) is 10.0. The summed E-state index contributed by atoms with van der Waals surface area (Å²) < 4.78 is 34.6. The predicted molar refractivity (Wildman–Crippen MR) is 98.5 cm³/mol. The normalized spacial score (nSPS) is 15.9. The Bertz CT molecular complexity index is 827. The number of methoxy groups -OCH3 is 1. The quantitative estimate of drug-likeness (QED) is 0.510. The molecule has 0 N–H and O–H groups in total. The lowest BCUT2D eigenvalue weighted by Crippen LogP contribution is -2.16. The molecule has 1 aliphatic rings. The van der Waals surface area contributed by atoms with Crippen LogP contribution in [-0.4, -0.2) is 44.8 Å². The summed E-state index contributed by atoms with van der Waals surface area (Å²) in [5.74, 6) is -0.951. The molecule has 0 saturated carbocycles. The Kier molecular flexibility index (Phi) is 6.60. The SMILES string of the molecule is COc1ccc(F)cc1C(=O)COC(=O)c1ccc(OC[C@H]2CCCO2)cc1. The number of hydrogen-bond donors (Lipinski definition) is 0. The minimum Gasteiger partial charge on any atom is -0.496 e. The Balaban J connectivity index is 1.53. The molecule has 7 heteroatoms. The average Bonchev–Trinajstić information content (AvgIpc) is 3.24. The van der Waals surface area contributed by atoms with Gasteiger partial charge < -0.3 is 18.9 Å². The van der Waals surface area contributed by atoms with E-state index in [9.17, 15) is 14.0 Å². The van der Waals surface area contributed by atoms with Crippen LogP contribution < -0.4 is 9.47 Å². The summed E-state index contributed by atoms with van der Waals surface area (Å²) in [6.07, 6.45) is 2.13. The van der Waals surface area contributed by atoms with Crippen LogP contribution in [0.25, 0.3) is 0 Å². The molecule has 3 rings (SSSR count). The van der Waals surface area contributed by atoms with Gasteiger partial charge in [-0.05, 0) is 55.3 Å². The lowest BCUT2D eigenvalue weighted by molar-refractivity contribution is 0.0473. The minimum absolute atomic E-state index is 0.0215. The molecule has 1 atom stereocenters. The number of Topliss-reactive ketones (excluding diaryl/α,β-unsaturated/α-hetero) is 1. The molecule has 0 aliphatic carbocycles. The molecule has 1 aliphatic heterocycles. The number of benzene rings is 2. The number of ketones is 1. The third kappa shape index (κ3) is 5.07. The number of carbonyl (C=O) groups excluding carboxylic acids is 2. The van der Waals surface area contributed by atoms with Gasteiger partial charge in [-0.3, -0.25) is 4.79 Å². The first-order chi connectivity index (χ1) is 13.6. The second-order valence-corrected chi connectivity index (χ2v) is 6.31. The Morgan fingerprint density at radius 3 is 2.64 bits per heavy atom. The zero-order valence-corrected chi connectivity index (χ0v) is 15.5. The second-order valence-electron chi connectivity index (χ2n) is 6.31. The molecular weight excluding hydrogens is 367 g/mol. The second kappa shape index (κ2) is 9.32. The van der Waals surface area contributed by atoms with E-state index in [2.05, 4.69) is 0 Å². The van der Waals surface area contributed by atoms with Gasteiger partial charge in [-0.25, -0.2) is 9.18 Å². The van der Waals surface area contributed by atoms with Crippen molar-refractivity contribution in [1.82, 2.24) is 0 Å². The topological polar surface area (TPSA) is 71.1 Å². The number of halogens is 1. The predicted octanol–water partition coefficient (Wildman–Crippen LogP) is 3.43. The summed E-state index contributed by atoms with van der Waals surface area (Å²) >= 11 is 0. The molecule has 1 fully saturated rings. The fraction of sp³-hybridized carbons (Fsp3) is 0.333. The molecule has 0 aromatic heterocycles. The van der Waals surface area contributed by atoms with Crippen molar-refractivity contribution in [2.75, 3.05) is 26.9 Å². The van der Waals surface area contributed by atoms with Crippen LogP contribution >= 0.6 is 0 Å². The smallest absolute Gasteiger partial charge is 0.338 e. The van der Waals surface area contributed by atoms with E-state index in [0.717, 1.165) is 25.5 Å². The van der Waals surface area contributed by atoms with Crippen molar-refractivity contribution in [2.24, 2.45) is 0 Å². The first-order valence-corrected chi connectivity index (χ1v) is 8.95. The molecule has 1 saturated heterocycles. The van der Waals surface area contributed by atoms with Crippen molar-refractivity contribution >= 4 is 11.8 Å². The van der Waals surface area contributed by atoms with Crippen LogP contribution in [0.1, 0.15) is 33.6 Å². The van der Waals surface area contributed by atoms with E-state index in [1.807, 2.05) is 0 Å². The van der Waals surface area contributed by atoms with Gasteiger partial charge in [0.25, 0.3) is 0 Å². The molecule has 0 spiro atoms.